The number of pyridine rings is 1. The highest BCUT2D eigenvalue weighted by molar-refractivity contribution is 6.03. The maximum absolute atomic E-state index is 12.3. The highest BCUT2D eigenvalue weighted by Gasteiger charge is 2.18. The van der Waals surface area contributed by atoms with Gasteiger partial charge in [0.1, 0.15) is 17.3 Å². The Balaban J connectivity index is 2.11. The molecule has 26 heavy (non-hydrogen) atoms. The zero-order valence-corrected chi connectivity index (χ0v) is 13.9. The molecule has 3 aromatic rings. The smallest absolute Gasteiger partial charge is 0.274 e. The third kappa shape index (κ3) is 3.64. The van der Waals surface area contributed by atoms with Gasteiger partial charge in [0.05, 0.1) is 6.54 Å². The summed E-state index contributed by atoms with van der Waals surface area (Å²) in [7, 11) is 0. The van der Waals surface area contributed by atoms with E-state index in [1.165, 1.54) is 19.1 Å². The highest BCUT2D eigenvalue weighted by Crippen LogP contribution is 2.33. The predicted octanol–water partition coefficient (Wildman–Crippen LogP) is 3.36. The first-order chi connectivity index (χ1) is 13.7. The van der Waals surface area contributed by atoms with Gasteiger partial charge in [-0.25, -0.2) is 4.98 Å². The Labute approximate surface area is 154 Å². The number of aromatic hydroxyl groups is 1. The summed E-state index contributed by atoms with van der Waals surface area (Å²) in [5, 5.41) is 13.1. The molecule has 3 rings (SSSR count). The van der Waals surface area contributed by atoms with Crippen LogP contribution in [0.2, 0.25) is 0 Å². The number of carbonyl (C=O) groups excluding carboxylic acids is 2. The van der Waals surface area contributed by atoms with Gasteiger partial charge in [-0.2, -0.15) is 0 Å². The molecule has 0 radical (unpaired) electrons. The van der Waals surface area contributed by atoms with Crippen molar-refractivity contribution in [2.24, 2.45) is 0 Å². The minimum atomic E-state index is -2.65. The number of hydrogen-bond donors (Lipinski definition) is 2. The van der Waals surface area contributed by atoms with Crippen molar-refractivity contribution in [1.29, 1.82) is 0 Å². The predicted molar refractivity (Wildman–Crippen MR) is 97.7 cm³/mol. The molecule has 2 N–H and O–H groups in total. The van der Waals surface area contributed by atoms with Crippen LogP contribution in [0.3, 0.4) is 0 Å². The Kier molecular flexibility index (Phi) is 3.84. The Hall–Kier alpha value is -3.41. The molecule has 2 aromatic carbocycles. The molecule has 1 aromatic heterocycles. The first-order valence-corrected chi connectivity index (χ1v) is 7.84. The number of rotatable bonds is 5. The first-order valence-electron chi connectivity index (χ1n) is 9.34. The van der Waals surface area contributed by atoms with Gasteiger partial charge in [0.25, 0.3) is 5.91 Å². The number of Topliss-reactive ketones (excluding diaryl/α,β-unsaturated/α-hetero) is 1. The number of ether oxygens (including phenoxy) is 1. The molecule has 0 spiro atoms. The summed E-state index contributed by atoms with van der Waals surface area (Å²) in [4.78, 5) is 27.3. The van der Waals surface area contributed by atoms with E-state index in [1.54, 1.807) is 30.3 Å². The maximum atomic E-state index is 12.3. The summed E-state index contributed by atoms with van der Waals surface area (Å²) in [6.45, 7) is -1.62. The van der Waals surface area contributed by atoms with Gasteiger partial charge in [-0.1, -0.05) is 18.2 Å². The van der Waals surface area contributed by atoms with Gasteiger partial charge < -0.3 is 15.2 Å². The lowest BCUT2D eigenvalue weighted by atomic mass is 10.1. The molecule has 0 aliphatic rings. The number of nitrogens with one attached hydrogen (secondary N) is 1. The van der Waals surface area contributed by atoms with Crippen LogP contribution in [0.5, 0.6) is 17.2 Å². The molecule has 132 valence electrons. The van der Waals surface area contributed by atoms with E-state index in [4.69, 9.17) is 8.85 Å². The number of para-hydroxylation sites is 1. The Morgan fingerprint density at radius 2 is 1.92 bits per heavy atom. The molecular weight excluding hydrogens is 332 g/mol. The molecule has 0 saturated heterocycles. The number of aryl methyl sites for hydroxylation is 1. The minimum absolute atomic E-state index is 0.138. The van der Waals surface area contributed by atoms with Crippen LogP contribution in [0.25, 0.3) is 10.8 Å². The summed E-state index contributed by atoms with van der Waals surface area (Å²) in [6, 6.07) is 13.4. The summed E-state index contributed by atoms with van der Waals surface area (Å²) in [5.41, 5.74) is -0.807. The standard InChI is InChI=1S/C20H18N2O4/c1-12(23)11-21-20(25)18-19(24)16-9-8-15(10-17(16)13(2)22-18)26-14-6-4-3-5-7-14/h3-10,24H,11H2,1-2H3,(H,21,25)/i2D3. The van der Waals surface area contributed by atoms with E-state index in [9.17, 15) is 14.7 Å². The van der Waals surface area contributed by atoms with Crippen molar-refractivity contribution in [2.45, 2.75) is 13.8 Å². The van der Waals surface area contributed by atoms with Crippen LogP contribution in [0.4, 0.5) is 0 Å². The van der Waals surface area contributed by atoms with Crippen molar-refractivity contribution >= 4 is 22.5 Å². The molecule has 6 heteroatoms. The molecule has 0 fully saturated rings. The monoisotopic (exact) mass is 353 g/mol. The number of amides is 1. The van der Waals surface area contributed by atoms with Crippen LogP contribution in [0, 0.1) is 6.85 Å². The average Bonchev–Trinajstić information content (AvgIpc) is 2.66. The fourth-order valence-electron chi connectivity index (χ4n) is 2.41. The zero-order valence-electron chi connectivity index (χ0n) is 16.9. The number of fused-ring (bicyclic) bond motifs is 1. The molecule has 1 heterocycles. The van der Waals surface area contributed by atoms with Gasteiger partial charge in [0, 0.05) is 20.6 Å². The van der Waals surface area contributed by atoms with Gasteiger partial charge in [-0.3, -0.25) is 9.59 Å². The molecule has 0 saturated carbocycles. The fraction of sp³-hybridized carbons (Fsp3) is 0.150. The summed E-state index contributed by atoms with van der Waals surface area (Å²) < 4.78 is 29.1. The Morgan fingerprint density at radius 1 is 1.15 bits per heavy atom. The number of nitrogens with zero attached hydrogens (tertiary/aromatic N) is 1. The number of benzene rings is 2. The second-order valence-corrected chi connectivity index (χ2v) is 5.66. The van der Waals surface area contributed by atoms with Crippen molar-refractivity contribution in [1.82, 2.24) is 10.3 Å². The molecule has 1 amide bonds. The van der Waals surface area contributed by atoms with E-state index in [2.05, 4.69) is 10.3 Å². The van der Waals surface area contributed by atoms with Crippen LogP contribution in [0.15, 0.2) is 48.5 Å². The van der Waals surface area contributed by atoms with E-state index < -0.39 is 24.2 Å². The van der Waals surface area contributed by atoms with Gasteiger partial charge in [0.2, 0.25) is 0 Å². The second-order valence-electron chi connectivity index (χ2n) is 5.66. The van der Waals surface area contributed by atoms with Gasteiger partial charge in [-0.05, 0) is 44.1 Å². The van der Waals surface area contributed by atoms with Crippen molar-refractivity contribution in [3.8, 4) is 17.2 Å². The van der Waals surface area contributed by atoms with Crippen molar-refractivity contribution in [3.05, 3.63) is 59.9 Å². The number of aromatic nitrogens is 1. The maximum Gasteiger partial charge on any atom is 0.274 e. The van der Waals surface area contributed by atoms with Crippen LogP contribution >= 0.6 is 0 Å². The van der Waals surface area contributed by atoms with Crippen LogP contribution in [0.1, 0.15) is 27.2 Å². The van der Waals surface area contributed by atoms with E-state index in [0.717, 1.165) is 0 Å². The largest absolute Gasteiger partial charge is 0.505 e. The third-order valence-corrected chi connectivity index (χ3v) is 3.64. The fourth-order valence-corrected chi connectivity index (χ4v) is 2.41. The molecule has 0 aliphatic heterocycles. The lowest BCUT2D eigenvalue weighted by Gasteiger charge is -2.12. The van der Waals surface area contributed by atoms with Crippen LogP contribution < -0.4 is 10.1 Å². The topological polar surface area (TPSA) is 88.5 Å². The SMILES string of the molecule is [2H]C([2H])([2H])c1nc(C(=O)NCC(C)=O)c(O)c2ccc(Oc3ccccc3)cc12. The number of carbonyl (C=O) groups is 2. The Morgan fingerprint density at radius 3 is 2.62 bits per heavy atom. The molecular formula is C20H18N2O4. The zero-order chi connectivity index (χ0) is 21.2. The van der Waals surface area contributed by atoms with E-state index in [0.29, 0.717) is 11.5 Å². The second kappa shape index (κ2) is 7.23. The van der Waals surface area contributed by atoms with Crippen molar-refractivity contribution < 1.29 is 23.5 Å². The molecule has 6 nitrogen and oxygen atoms in total. The molecule has 0 atom stereocenters. The van der Waals surface area contributed by atoms with E-state index in [1.807, 2.05) is 6.07 Å². The summed E-state index contributed by atoms with van der Waals surface area (Å²) in [6.07, 6.45) is 0. The van der Waals surface area contributed by atoms with Crippen LogP contribution in [-0.4, -0.2) is 28.3 Å². The van der Waals surface area contributed by atoms with E-state index >= 15 is 0 Å². The van der Waals surface area contributed by atoms with E-state index in [-0.39, 0.29) is 28.8 Å². The molecule has 0 aliphatic carbocycles. The van der Waals surface area contributed by atoms with Gasteiger partial charge in [-0.15, -0.1) is 0 Å². The normalized spacial score (nSPS) is 12.7. The van der Waals surface area contributed by atoms with Crippen molar-refractivity contribution in [3.63, 3.8) is 0 Å². The lowest BCUT2D eigenvalue weighted by molar-refractivity contribution is -0.116. The number of hydrogen-bond acceptors (Lipinski definition) is 5. The summed E-state index contributed by atoms with van der Waals surface area (Å²) in [5.74, 6) is -0.698. The minimum Gasteiger partial charge on any atom is -0.505 e. The summed E-state index contributed by atoms with van der Waals surface area (Å²) >= 11 is 0. The molecule has 0 bridgehead atoms. The first kappa shape index (κ1) is 13.8. The third-order valence-electron chi connectivity index (χ3n) is 3.64. The van der Waals surface area contributed by atoms with Crippen molar-refractivity contribution in [2.75, 3.05) is 6.54 Å². The lowest BCUT2D eigenvalue weighted by Crippen LogP contribution is -2.29. The highest BCUT2D eigenvalue weighted by atomic mass is 16.5. The van der Waals surface area contributed by atoms with Gasteiger partial charge in [0.15, 0.2) is 11.4 Å². The molecule has 0 unspecified atom stereocenters. The number of ketones is 1. The quantitative estimate of drug-likeness (QED) is 0.734. The Bertz CT molecular complexity index is 1080. The van der Waals surface area contributed by atoms with Crippen LogP contribution in [-0.2, 0) is 4.79 Å². The van der Waals surface area contributed by atoms with Gasteiger partial charge >= 0.3 is 0 Å². The average molecular weight is 353 g/mol.